The molecule has 0 saturated heterocycles. The van der Waals surface area contributed by atoms with Crippen LogP contribution in [0.5, 0.6) is 11.5 Å². The molecule has 0 atom stereocenters. The third kappa shape index (κ3) is 8.00. The summed E-state index contributed by atoms with van der Waals surface area (Å²) in [6.07, 6.45) is 2.35. The van der Waals surface area contributed by atoms with Gasteiger partial charge in [-0.1, -0.05) is 24.3 Å². The highest BCUT2D eigenvalue weighted by Crippen LogP contribution is 2.37. The van der Waals surface area contributed by atoms with Crippen LogP contribution in [0.2, 0.25) is 0 Å². The number of nitrogens with zero attached hydrogens (tertiary/aromatic N) is 3. The first-order chi connectivity index (χ1) is 19.5. The van der Waals surface area contributed by atoms with Crippen molar-refractivity contribution in [2.45, 2.75) is 64.4 Å². The summed E-state index contributed by atoms with van der Waals surface area (Å²) in [5, 5.41) is 18.6. The van der Waals surface area contributed by atoms with E-state index in [-0.39, 0.29) is 23.6 Å². The number of ether oxygens (including phenoxy) is 3. The van der Waals surface area contributed by atoms with Gasteiger partial charge in [0.15, 0.2) is 0 Å². The van der Waals surface area contributed by atoms with E-state index in [0.717, 1.165) is 22.6 Å². The monoisotopic (exact) mass is 563 g/mol. The summed E-state index contributed by atoms with van der Waals surface area (Å²) in [6, 6.07) is 16.7. The van der Waals surface area contributed by atoms with Crippen LogP contribution >= 0.6 is 0 Å². The highest BCUT2D eigenvalue weighted by molar-refractivity contribution is 5.74. The number of hydrogen-bond acceptors (Lipinski definition) is 9. The molecule has 11 nitrogen and oxygen atoms in total. The standard InChI is InChI=1S/C30H37N5O6/c1-30(2,3)41-29(36)33-23-16-22(17-23)32-26-14-15-31-28(27(26)35(37)38)34(18-20-6-10-24(39-4)11-7-20)19-21-8-12-25(40-5)13-9-21/h6-15,22-23H,16-19H2,1-5H3,(H,31,32)(H,33,36). The van der Waals surface area contributed by atoms with E-state index in [1.165, 1.54) is 0 Å². The molecule has 0 aliphatic heterocycles. The van der Waals surface area contributed by atoms with Crippen molar-refractivity contribution in [3.63, 3.8) is 0 Å². The van der Waals surface area contributed by atoms with Crippen LogP contribution in [0, 0.1) is 10.1 Å². The summed E-state index contributed by atoms with van der Waals surface area (Å²) in [6.45, 7) is 6.20. The highest BCUT2D eigenvalue weighted by atomic mass is 16.6. The third-order valence-corrected chi connectivity index (χ3v) is 6.67. The molecule has 4 rings (SSSR count). The minimum absolute atomic E-state index is 0.0412. The van der Waals surface area contributed by atoms with E-state index in [0.29, 0.717) is 31.6 Å². The van der Waals surface area contributed by atoms with Crippen LogP contribution in [0.3, 0.4) is 0 Å². The lowest BCUT2D eigenvalue weighted by Crippen LogP contribution is -2.50. The van der Waals surface area contributed by atoms with Gasteiger partial charge in [0.2, 0.25) is 5.82 Å². The Morgan fingerprint density at radius 1 is 0.951 bits per heavy atom. The van der Waals surface area contributed by atoms with Crippen LogP contribution in [0.1, 0.15) is 44.7 Å². The van der Waals surface area contributed by atoms with E-state index in [4.69, 9.17) is 14.2 Å². The molecule has 1 aliphatic rings. The number of hydrogen-bond donors (Lipinski definition) is 2. The molecule has 11 heteroatoms. The number of alkyl carbamates (subject to hydrolysis) is 1. The lowest BCUT2D eigenvalue weighted by atomic mass is 9.86. The molecule has 218 valence electrons. The first kappa shape index (κ1) is 29.4. The Morgan fingerprint density at radius 2 is 1.49 bits per heavy atom. The van der Waals surface area contributed by atoms with Gasteiger partial charge in [-0.25, -0.2) is 9.78 Å². The number of benzene rings is 2. The molecule has 1 amide bonds. The molecule has 1 aromatic heterocycles. The zero-order valence-electron chi connectivity index (χ0n) is 24.0. The fraction of sp³-hybridized carbons (Fsp3) is 0.400. The van der Waals surface area contributed by atoms with Gasteiger partial charge in [-0.2, -0.15) is 0 Å². The number of aromatic nitrogens is 1. The van der Waals surface area contributed by atoms with Crippen molar-refractivity contribution in [3.05, 3.63) is 82.0 Å². The number of anilines is 2. The smallest absolute Gasteiger partial charge is 0.407 e. The molecule has 1 saturated carbocycles. The second kappa shape index (κ2) is 12.8. The molecule has 2 aromatic carbocycles. The minimum Gasteiger partial charge on any atom is -0.497 e. The number of carbonyl (C=O) groups excluding carboxylic acids is 1. The second-order valence-corrected chi connectivity index (χ2v) is 11.0. The van der Waals surface area contributed by atoms with Gasteiger partial charge in [-0.05, 0) is 75.1 Å². The second-order valence-electron chi connectivity index (χ2n) is 11.0. The van der Waals surface area contributed by atoms with Gasteiger partial charge in [-0.3, -0.25) is 10.1 Å². The zero-order chi connectivity index (χ0) is 29.6. The van der Waals surface area contributed by atoms with Crippen molar-refractivity contribution in [2.24, 2.45) is 0 Å². The minimum atomic E-state index is -0.580. The van der Waals surface area contributed by atoms with E-state index in [1.807, 2.05) is 74.2 Å². The fourth-order valence-electron chi connectivity index (χ4n) is 4.63. The maximum Gasteiger partial charge on any atom is 0.407 e. The molecule has 0 bridgehead atoms. The number of nitro groups is 1. The maximum absolute atomic E-state index is 12.4. The average molecular weight is 564 g/mol. The van der Waals surface area contributed by atoms with E-state index >= 15 is 0 Å². The molecule has 2 N–H and O–H groups in total. The average Bonchev–Trinajstić information content (AvgIpc) is 2.91. The summed E-state index contributed by atoms with van der Waals surface area (Å²) in [4.78, 5) is 30.5. The Balaban J connectivity index is 1.55. The molecule has 41 heavy (non-hydrogen) atoms. The SMILES string of the molecule is COc1ccc(CN(Cc2ccc(OC)cc2)c2nccc(NC3CC(NC(=O)OC(C)(C)C)C3)c2[N+](=O)[O-])cc1. The van der Waals surface area contributed by atoms with Crippen molar-refractivity contribution >= 4 is 23.3 Å². The Kier molecular flexibility index (Phi) is 9.16. The predicted molar refractivity (Wildman–Crippen MR) is 157 cm³/mol. The molecule has 1 fully saturated rings. The van der Waals surface area contributed by atoms with E-state index in [2.05, 4.69) is 15.6 Å². The molecular formula is C30H37N5O6. The fourth-order valence-corrected chi connectivity index (χ4v) is 4.63. The van der Waals surface area contributed by atoms with Gasteiger partial charge in [0.1, 0.15) is 22.8 Å². The first-order valence-corrected chi connectivity index (χ1v) is 13.4. The molecule has 3 aromatic rings. The lowest BCUT2D eigenvalue weighted by molar-refractivity contribution is -0.383. The Bertz CT molecular complexity index is 1290. The quantitative estimate of drug-likeness (QED) is 0.224. The first-order valence-electron chi connectivity index (χ1n) is 13.4. The van der Waals surface area contributed by atoms with Gasteiger partial charge in [0.25, 0.3) is 0 Å². The van der Waals surface area contributed by atoms with E-state index in [1.54, 1.807) is 26.5 Å². The van der Waals surface area contributed by atoms with Gasteiger partial charge in [0, 0.05) is 31.4 Å². The maximum atomic E-state index is 12.4. The topological polar surface area (TPSA) is 128 Å². The number of nitrogens with one attached hydrogen (secondary N) is 2. The number of carbonyl (C=O) groups is 1. The van der Waals surface area contributed by atoms with Crippen LogP contribution in [-0.2, 0) is 17.8 Å². The van der Waals surface area contributed by atoms with Gasteiger partial charge < -0.3 is 29.7 Å². The molecule has 1 aliphatic carbocycles. The molecule has 1 heterocycles. The Morgan fingerprint density at radius 3 is 1.95 bits per heavy atom. The largest absolute Gasteiger partial charge is 0.497 e. The number of rotatable bonds is 11. The molecule has 0 spiro atoms. The van der Waals surface area contributed by atoms with Crippen molar-refractivity contribution in [1.29, 1.82) is 0 Å². The van der Waals surface area contributed by atoms with Crippen LogP contribution < -0.4 is 25.0 Å². The number of pyridine rings is 1. The zero-order valence-corrected chi connectivity index (χ0v) is 24.0. The normalized spacial score (nSPS) is 16.2. The predicted octanol–water partition coefficient (Wildman–Crippen LogP) is 5.68. The van der Waals surface area contributed by atoms with Gasteiger partial charge in [-0.15, -0.1) is 0 Å². The summed E-state index contributed by atoms with van der Waals surface area (Å²) in [7, 11) is 3.21. The third-order valence-electron chi connectivity index (χ3n) is 6.67. The summed E-state index contributed by atoms with van der Waals surface area (Å²) in [5.74, 6) is 1.71. The molecule has 0 unspecified atom stereocenters. The highest BCUT2D eigenvalue weighted by Gasteiger charge is 2.34. The van der Waals surface area contributed by atoms with Crippen LogP contribution in [0.4, 0.5) is 22.0 Å². The van der Waals surface area contributed by atoms with Crippen molar-refractivity contribution in [3.8, 4) is 11.5 Å². The summed E-state index contributed by atoms with van der Waals surface area (Å²) < 4.78 is 15.9. The van der Waals surface area contributed by atoms with Crippen LogP contribution in [-0.4, -0.2) is 47.9 Å². The van der Waals surface area contributed by atoms with Gasteiger partial charge >= 0.3 is 11.8 Å². The molecular weight excluding hydrogens is 526 g/mol. The van der Waals surface area contributed by atoms with Crippen LogP contribution in [0.25, 0.3) is 0 Å². The van der Waals surface area contributed by atoms with Gasteiger partial charge in [0.05, 0.1) is 19.1 Å². The van der Waals surface area contributed by atoms with Crippen molar-refractivity contribution in [1.82, 2.24) is 10.3 Å². The number of amides is 1. The Hall–Kier alpha value is -4.54. The van der Waals surface area contributed by atoms with Crippen molar-refractivity contribution < 1.29 is 23.9 Å². The Labute approximate surface area is 240 Å². The summed E-state index contributed by atoms with van der Waals surface area (Å²) >= 11 is 0. The van der Waals surface area contributed by atoms with Crippen LogP contribution in [0.15, 0.2) is 60.8 Å². The van der Waals surface area contributed by atoms with E-state index < -0.39 is 16.6 Å². The number of methoxy groups -OCH3 is 2. The lowest BCUT2D eigenvalue weighted by Gasteiger charge is -2.37. The van der Waals surface area contributed by atoms with Crippen molar-refractivity contribution in [2.75, 3.05) is 24.4 Å². The molecule has 0 radical (unpaired) electrons. The van der Waals surface area contributed by atoms with E-state index in [9.17, 15) is 14.9 Å². The summed E-state index contributed by atoms with van der Waals surface area (Å²) in [5.41, 5.74) is 1.60.